The molecule has 1 atom stereocenters. The van der Waals surface area contributed by atoms with Crippen molar-refractivity contribution in [1.82, 2.24) is 4.90 Å². The lowest BCUT2D eigenvalue weighted by molar-refractivity contribution is -0.124. The van der Waals surface area contributed by atoms with Gasteiger partial charge in [0.05, 0.1) is 5.60 Å². The zero-order valence-corrected chi connectivity index (χ0v) is 12.1. The first-order chi connectivity index (χ1) is 9.09. The highest BCUT2D eigenvalue weighted by molar-refractivity contribution is 5.81. The highest BCUT2D eigenvalue weighted by Gasteiger charge is 2.32. The number of hydrogen-bond acceptors (Lipinski definition) is 4. The van der Waals surface area contributed by atoms with Crippen LogP contribution in [0.5, 0.6) is 0 Å². The fourth-order valence-electron chi connectivity index (χ4n) is 3.28. The second-order valence-electron chi connectivity index (χ2n) is 6.30. The van der Waals surface area contributed by atoms with Crippen molar-refractivity contribution in [3.8, 4) is 0 Å². The Bertz CT molecular complexity index is 300. The molecule has 4 nitrogen and oxygen atoms in total. The minimum atomic E-state index is -0.624. The van der Waals surface area contributed by atoms with E-state index < -0.39 is 5.60 Å². The van der Waals surface area contributed by atoms with Crippen molar-refractivity contribution in [2.75, 3.05) is 33.4 Å². The van der Waals surface area contributed by atoms with E-state index in [1.807, 2.05) is 7.05 Å². The third-order valence-corrected chi connectivity index (χ3v) is 4.45. The summed E-state index contributed by atoms with van der Waals surface area (Å²) in [6.07, 6.45) is 6.59. The van der Waals surface area contributed by atoms with Crippen molar-refractivity contribution in [3.05, 3.63) is 0 Å². The van der Waals surface area contributed by atoms with Gasteiger partial charge in [0.15, 0.2) is 0 Å². The molecule has 0 spiro atoms. The molecule has 4 heteroatoms. The van der Waals surface area contributed by atoms with Crippen LogP contribution in [0.3, 0.4) is 0 Å². The second-order valence-corrected chi connectivity index (χ2v) is 6.30. The average molecular weight is 269 g/mol. The molecular formula is C15H27NO3. The van der Waals surface area contributed by atoms with E-state index in [0.717, 1.165) is 25.8 Å². The summed E-state index contributed by atoms with van der Waals surface area (Å²) in [5.74, 6) is 0.597. The molecule has 2 rings (SSSR count). The number of nitrogens with zero attached hydrogens (tertiary/aromatic N) is 1. The highest BCUT2D eigenvalue weighted by atomic mass is 16.5. The molecule has 0 bridgehead atoms. The van der Waals surface area contributed by atoms with Crippen LogP contribution < -0.4 is 0 Å². The van der Waals surface area contributed by atoms with Crippen LogP contribution in [0.4, 0.5) is 0 Å². The molecule has 110 valence electrons. The molecule has 0 aromatic heterocycles. The van der Waals surface area contributed by atoms with E-state index in [0.29, 0.717) is 38.4 Å². The van der Waals surface area contributed by atoms with Crippen LogP contribution in [0, 0.1) is 5.92 Å². The SMILES string of the molecule is CN(CC1CCCCCC1=O)CC1(O)CCOCC1. The van der Waals surface area contributed by atoms with Gasteiger partial charge < -0.3 is 14.7 Å². The zero-order valence-electron chi connectivity index (χ0n) is 12.1. The summed E-state index contributed by atoms with van der Waals surface area (Å²) in [7, 11) is 2.02. The lowest BCUT2D eigenvalue weighted by atomic mass is 9.92. The summed E-state index contributed by atoms with van der Waals surface area (Å²) in [6.45, 7) is 2.74. The summed E-state index contributed by atoms with van der Waals surface area (Å²) in [6, 6.07) is 0. The Balaban J connectivity index is 1.82. The molecule has 1 heterocycles. The minimum Gasteiger partial charge on any atom is -0.388 e. The first-order valence-electron chi connectivity index (χ1n) is 7.60. The molecule has 1 aliphatic carbocycles. The fourth-order valence-corrected chi connectivity index (χ4v) is 3.28. The topological polar surface area (TPSA) is 49.8 Å². The second kappa shape index (κ2) is 6.82. The molecule has 2 aliphatic rings. The smallest absolute Gasteiger partial charge is 0.137 e. The van der Waals surface area contributed by atoms with Gasteiger partial charge in [0.25, 0.3) is 0 Å². The number of aliphatic hydroxyl groups is 1. The van der Waals surface area contributed by atoms with Crippen LogP contribution in [0.25, 0.3) is 0 Å². The monoisotopic (exact) mass is 269 g/mol. The van der Waals surface area contributed by atoms with Gasteiger partial charge in [-0.15, -0.1) is 0 Å². The number of rotatable bonds is 4. The van der Waals surface area contributed by atoms with Gasteiger partial charge in [0, 0.05) is 51.5 Å². The largest absolute Gasteiger partial charge is 0.388 e. The van der Waals surface area contributed by atoms with E-state index in [1.165, 1.54) is 12.8 Å². The van der Waals surface area contributed by atoms with E-state index in [9.17, 15) is 9.90 Å². The molecule has 1 aliphatic heterocycles. The van der Waals surface area contributed by atoms with E-state index in [-0.39, 0.29) is 5.92 Å². The predicted molar refractivity (Wildman–Crippen MR) is 74.1 cm³/mol. The van der Waals surface area contributed by atoms with Gasteiger partial charge in [0.1, 0.15) is 5.78 Å². The Kier molecular flexibility index (Phi) is 5.37. The summed E-state index contributed by atoms with van der Waals surface area (Å²) in [5.41, 5.74) is -0.624. The molecule has 1 saturated heterocycles. The summed E-state index contributed by atoms with van der Waals surface area (Å²) in [4.78, 5) is 14.2. The quantitative estimate of drug-likeness (QED) is 0.788. The molecule has 0 radical (unpaired) electrons. The standard InChI is InChI=1S/C15H27NO3/c1-16(12-15(18)7-9-19-10-8-15)11-13-5-3-2-4-6-14(13)17/h13,18H,2-12H2,1H3. The zero-order chi connectivity index (χ0) is 13.7. The van der Waals surface area contributed by atoms with Gasteiger partial charge in [0.2, 0.25) is 0 Å². The van der Waals surface area contributed by atoms with Gasteiger partial charge in [-0.1, -0.05) is 12.8 Å². The minimum absolute atomic E-state index is 0.177. The average Bonchev–Trinajstić information content (AvgIpc) is 2.55. The van der Waals surface area contributed by atoms with Gasteiger partial charge in [-0.25, -0.2) is 0 Å². The lowest BCUT2D eigenvalue weighted by Gasteiger charge is -2.36. The van der Waals surface area contributed by atoms with Gasteiger partial charge in [-0.05, 0) is 19.9 Å². The Hall–Kier alpha value is -0.450. The fraction of sp³-hybridized carbons (Fsp3) is 0.933. The number of ketones is 1. The number of carbonyl (C=O) groups is 1. The van der Waals surface area contributed by atoms with Crippen LogP contribution in [0.1, 0.15) is 44.9 Å². The summed E-state index contributed by atoms with van der Waals surface area (Å²) < 4.78 is 5.30. The van der Waals surface area contributed by atoms with Crippen molar-refractivity contribution >= 4 is 5.78 Å². The third-order valence-electron chi connectivity index (χ3n) is 4.45. The molecule has 0 aromatic carbocycles. The van der Waals surface area contributed by atoms with E-state index >= 15 is 0 Å². The van der Waals surface area contributed by atoms with Crippen LogP contribution in [0.15, 0.2) is 0 Å². The molecular weight excluding hydrogens is 242 g/mol. The molecule has 19 heavy (non-hydrogen) atoms. The molecule has 1 saturated carbocycles. The number of likely N-dealkylation sites (N-methyl/N-ethyl adjacent to an activating group) is 1. The maximum atomic E-state index is 12.0. The van der Waals surface area contributed by atoms with Gasteiger partial charge in [-0.3, -0.25) is 4.79 Å². The Morgan fingerprint density at radius 2 is 2.05 bits per heavy atom. The normalized spacial score (nSPS) is 28.4. The van der Waals surface area contributed by atoms with Crippen molar-refractivity contribution in [2.24, 2.45) is 5.92 Å². The number of ether oxygens (including phenoxy) is 1. The van der Waals surface area contributed by atoms with E-state index in [2.05, 4.69) is 4.90 Å². The van der Waals surface area contributed by atoms with Crippen LogP contribution in [0.2, 0.25) is 0 Å². The third kappa shape index (κ3) is 4.55. The Morgan fingerprint density at radius 3 is 2.79 bits per heavy atom. The lowest BCUT2D eigenvalue weighted by Crippen LogP contribution is -2.47. The number of Topliss-reactive ketones (excluding diaryl/α,β-unsaturated/α-hetero) is 1. The first-order valence-corrected chi connectivity index (χ1v) is 7.60. The van der Waals surface area contributed by atoms with Crippen molar-refractivity contribution in [3.63, 3.8) is 0 Å². The molecule has 1 N–H and O–H groups in total. The van der Waals surface area contributed by atoms with Crippen molar-refractivity contribution < 1.29 is 14.6 Å². The predicted octanol–water partition coefficient (Wildman–Crippen LogP) is 1.61. The Morgan fingerprint density at radius 1 is 1.32 bits per heavy atom. The Labute approximate surface area is 116 Å². The van der Waals surface area contributed by atoms with Crippen LogP contribution in [-0.2, 0) is 9.53 Å². The number of hydrogen-bond donors (Lipinski definition) is 1. The van der Waals surface area contributed by atoms with Gasteiger partial charge in [-0.2, -0.15) is 0 Å². The highest BCUT2D eigenvalue weighted by Crippen LogP contribution is 2.24. The maximum Gasteiger partial charge on any atom is 0.137 e. The molecule has 1 unspecified atom stereocenters. The molecule has 0 aromatic rings. The van der Waals surface area contributed by atoms with Crippen LogP contribution >= 0.6 is 0 Å². The van der Waals surface area contributed by atoms with Crippen molar-refractivity contribution in [1.29, 1.82) is 0 Å². The molecule has 0 amide bonds. The van der Waals surface area contributed by atoms with E-state index in [1.54, 1.807) is 0 Å². The summed E-state index contributed by atoms with van der Waals surface area (Å²) >= 11 is 0. The van der Waals surface area contributed by atoms with Crippen molar-refractivity contribution in [2.45, 2.75) is 50.5 Å². The first kappa shape index (κ1) is 14.9. The van der Waals surface area contributed by atoms with Crippen LogP contribution in [-0.4, -0.2) is 54.7 Å². The van der Waals surface area contributed by atoms with E-state index in [4.69, 9.17) is 4.74 Å². The summed E-state index contributed by atoms with van der Waals surface area (Å²) in [5, 5.41) is 10.5. The van der Waals surface area contributed by atoms with Gasteiger partial charge >= 0.3 is 0 Å². The number of carbonyl (C=O) groups excluding carboxylic acids is 1. The molecule has 2 fully saturated rings. The maximum absolute atomic E-state index is 12.0.